The molecule has 2 nitrogen and oxygen atoms in total. The zero-order chi connectivity index (χ0) is 14.2. The van der Waals surface area contributed by atoms with E-state index in [0.717, 1.165) is 11.1 Å². The van der Waals surface area contributed by atoms with Crippen LogP contribution in [-0.4, -0.2) is 11.1 Å². The molecule has 0 amide bonds. The summed E-state index contributed by atoms with van der Waals surface area (Å²) in [7, 11) is 0. The highest BCUT2D eigenvalue weighted by Crippen LogP contribution is 2.29. The van der Waals surface area contributed by atoms with Crippen LogP contribution < -0.4 is 0 Å². The third-order valence-corrected chi connectivity index (χ3v) is 3.32. The molecule has 19 heavy (non-hydrogen) atoms. The maximum atomic E-state index is 13.2. The van der Waals surface area contributed by atoms with Gasteiger partial charge in [-0.05, 0) is 54.3 Å². The largest absolute Gasteiger partial charge is 0.478 e. The molecule has 0 fully saturated rings. The predicted molar refractivity (Wildman–Crippen MR) is 73.3 cm³/mol. The van der Waals surface area contributed by atoms with E-state index >= 15 is 0 Å². The maximum absolute atomic E-state index is 13.2. The van der Waals surface area contributed by atoms with Crippen LogP contribution in [-0.2, 0) is 0 Å². The fourth-order valence-corrected chi connectivity index (χ4v) is 2.24. The number of benzene rings is 2. The third kappa shape index (κ3) is 2.61. The maximum Gasteiger partial charge on any atom is 0.335 e. The Morgan fingerprint density at radius 1 is 1.16 bits per heavy atom. The summed E-state index contributed by atoms with van der Waals surface area (Å²) in [5.74, 6) is -1.47. The molecule has 0 spiro atoms. The zero-order valence-electron chi connectivity index (χ0n) is 10.5. The first-order valence-electron chi connectivity index (χ1n) is 5.70. The highest BCUT2D eigenvalue weighted by atomic mass is 35.5. The van der Waals surface area contributed by atoms with Crippen molar-refractivity contribution in [2.75, 3.05) is 0 Å². The number of hydrogen-bond acceptors (Lipinski definition) is 1. The van der Waals surface area contributed by atoms with Crippen LogP contribution in [0.2, 0.25) is 5.02 Å². The molecule has 1 N–H and O–H groups in total. The fourth-order valence-electron chi connectivity index (χ4n) is 2.06. The van der Waals surface area contributed by atoms with Gasteiger partial charge in [-0.1, -0.05) is 23.7 Å². The summed E-state index contributed by atoms with van der Waals surface area (Å²) in [6, 6.07) is 7.76. The average molecular weight is 279 g/mol. The van der Waals surface area contributed by atoms with Crippen LogP contribution in [0.15, 0.2) is 30.3 Å². The molecule has 4 heteroatoms. The summed E-state index contributed by atoms with van der Waals surface area (Å²) >= 11 is 5.76. The molecular formula is C15H12ClFO2. The molecule has 2 rings (SSSR count). The first-order chi connectivity index (χ1) is 8.90. The summed E-state index contributed by atoms with van der Waals surface area (Å²) in [6.45, 7) is 3.63. The topological polar surface area (TPSA) is 37.3 Å². The van der Waals surface area contributed by atoms with Crippen LogP contribution in [0.5, 0.6) is 0 Å². The number of hydrogen-bond donors (Lipinski definition) is 1. The Morgan fingerprint density at radius 2 is 1.84 bits per heavy atom. The molecule has 2 aromatic carbocycles. The number of aromatic carboxylic acids is 1. The van der Waals surface area contributed by atoms with E-state index in [2.05, 4.69) is 0 Å². The van der Waals surface area contributed by atoms with Gasteiger partial charge < -0.3 is 5.11 Å². The normalized spacial score (nSPS) is 10.5. The second-order valence-corrected chi connectivity index (χ2v) is 4.82. The van der Waals surface area contributed by atoms with E-state index in [0.29, 0.717) is 11.1 Å². The van der Waals surface area contributed by atoms with Gasteiger partial charge in [0.15, 0.2) is 0 Å². The number of aryl methyl sites for hydroxylation is 2. The molecular weight excluding hydrogens is 267 g/mol. The van der Waals surface area contributed by atoms with Crippen LogP contribution >= 0.6 is 11.6 Å². The van der Waals surface area contributed by atoms with Gasteiger partial charge in [0, 0.05) is 0 Å². The summed E-state index contributed by atoms with van der Waals surface area (Å²) < 4.78 is 13.2. The molecule has 0 aliphatic carbocycles. The molecule has 0 atom stereocenters. The summed E-state index contributed by atoms with van der Waals surface area (Å²) in [6.07, 6.45) is 0. The lowest BCUT2D eigenvalue weighted by atomic mass is 9.95. The van der Waals surface area contributed by atoms with Crippen LogP contribution in [0, 0.1) is 19.7 Å². The van der Waals surface area contributed by atoms with Crippen molar-refractivity contribution in [1.82, 2.24) is 0 Å². The molecule has 0 saturated heterocycles. The van der Waals surface area contributed by atoms with Gasteiger partial charge in [0.25, 0.3) is 0 Å². The van der Waals surface area contributed by atoms with Crippen molar-refractivity contribution in [3.63, 3.8) is 0 Å². The number of halogens is 2. The highest BCUT2D eigenvalue weighted by Gasteiger charge is 2.12. The number of carboxylic acids is 1. The Bertz CT molecular complexity index is 665. The van der Waals surface area contributed by atoms with E-state index in [1.54, 1.807) is 25.1 Å². The van der Waals surface area contributed by atoms with E-state index in [1.165, 1.54) is 12.1 Å². The zero-order valence-corrected chi connectivity index (χ0v) is 11.3. The number of carbonyl (C=O) groups is 1. The minimum absolute atomic E-state index is 0.0225. The standard InChI is InChI=1S/C15H12ClFO2/c1-8-5-9(2)12(15(18)19)7-11(8)10-3-4-14(17)13(16)6-10/h3-7H,1-2H3,(H,18,19). The van der Waals surface area contributed by atoms with Gasteiger partial charge in [0.1, 0.15) is 5.82 Å². The second-order valence-electron chi connectivity index (χ2n) is 4.42. The molecule has 0 aromatic heterocycles. The molecule has 2 aromatic rings. The molecule has 0 unspecified atom stereocenters. The first-order valence-corrected chi connectivity index (χ1v) is 6.08. The summed E-state index contributed by atoms with van der Waals surface area (Å²) in [4.78, 5) is 11.2. The van der Waals surface area contributed by atoms with Crippen molar-refractivity contribution in [2.24, 2.45) is 0 Å². The van der Waals surface area contributed by atoms with Crippen molar-refractivity contribution in [2.45, 2.75) is 13.8 Å². The van der Waals surface area contributed by atoms with Gasteiger partial charge in [-0.2, -0.15) is 0 Å². The first kappa shape index (κ1) is 13.6. The Hall–Kier alpha value is -1.87. The molecule has 0 heterocycles. The van der Waals surface area contributed by atoms with E-state index in [4.69, 9.17) is 16.7 Å². The van der Waals surface area contributed by atoms with E-state index in [-0.39, 0.29) is 10.6 Å². The van der Waals surface area contributed by atoms with Crippen LogP contribution in [0.1, 0.15) is 21.5 Å². The molecule has 98 valence electrons. The number of carboxylic acid groups (broad SMARTS) is 1. The van der Waals surface area contributed by atoms with Crippen LogP contribution in [0.25, 0.3) is 11.1 Å². The summed E-state index contributed by atoms with van der Waals surface area (Å²) in [5, 5.41) is 9.16. The predicted octanol–water partition coefficient (Wildman–Crippen LogP) is 4.46. The number of rotatable bonds is 2. The lowest BCUT2D eigenvalue weighted by Gasteiger charge is -2.10. The molecule has 0 bridgehead atoms. The van der Waals surface area contributed by atoms with E-state index in [1.807, 2.05) is 6.92 Å². The van der Waals surface area contributed by atoms with Gasteiger partial charge in [-0.25, -0.2) is 9.18 Å². The fraction of sp³-hybridized carbons (Fsp3) is 0.133. The highest BCUT2D eigenvalue weighted by molar-refractivity contribution is 6.31. The van der Waals surface area contributed by atoms with Gasteiger partial charge >= 0.3 is 5.97 Å². The van der Waals surface area contributed by atoms with Crippen molar-refractivity contribution >= 4 is 17.6 Å². The van der Waals surface area contributed by atoms with Crippen LogP contribution in [0.3, 0.4) is 0 Å². The Balaban J connectivity index is 2.64. The Morgan fingerprint density at radius 3 is 2.42 bits per heavy atom. The van der Waals surface area contributed by atoms with Gasteiger partial charge in [-0.15, -0.1) is 0 Å². The lowest BCUT2D eigenvalue weighted by molar-refractivity contribution is 0.0696. The van der Waals surface area contributed by atoms with Crippen molar-refractivity contribution in [3.8, 4) is 11.1 Å². The SMILES string of the molecule is Cc1cc(C)c(-c2ccc(F)c(Cl)c2)cc1C(=O)O. The van der Waals surface area contributed by atoms with Crippen molar-refractivity contribution in [1.29, 1.82) is 0 Å². The Labute approximate surface area is 115 Å². The smallest absolute Gasteiger partial charge is 0.335 e. The minimum Gasteiger partial charge on any atom is -0.478 e. The van der Waals surface area contributed by atoms with Crippen molar-refractivity contribution < 1.29 is 14.3 Å². The quantitative estimate of drug-likeness (QED) is 0.880. The molecule has 0 radical (unpaired) electrons. The monoisotopic (exact) mass is 278 g/mol. The molecule has 0 aliphatic rings. The minimum atomic E-state index is -0.980. The lowest BCUT2D eigenvalue weighted by Crippen LogP contribution is -2.01. The second kappa shape index (κ2) is 5.02. The third-order valence-electron chi connectivity index (χ3n) is 3.03. The summed E-state index contributed by atoms with van der Waals surface area (Å²) in [5.41, 5.74) is 3.30. The van der Waals surface area contributed by atoms with Crippen molar-refractivity contribution in [3.05, 3.63) is 57.9 Å². The van der Waals surface area contributed by atoms with E-state index in [9.17, 15) is 9.18 Å². The van der Waals surface area contributed by atoms with Gasteiger partial charge in [-0.3, -0.25) is 0 Å². The molecule has 0 saturated carbocycles. The van der Waals surface area contributed by atoms with Crippen LogP contribution in [0.4, 0.5) is 4.39 Å². The average Bonchev–Trinajstić information content (AvgIpc) is 2.32. The van der Waals surface area contributed by atoms with Gasteiger partial charge in [0.05, 0.1) is 10.6 Å². The van der Waals surface area contributed by atoms with Gasteiger partial charge in [0.2, 0.25) is 0 Å². The van der Waals surface area contributed by atoms with E-state index < -0.39 is 11.8 Å². The molecule has 0 aliphatic heterocycles. The Kier molecular flexibility index (Phi) is 3.58.